The van der Waals surface area contributed by atoms with Crippen LogP contribution < -0.4 is 15.2 Å². The minimum Gasteiger partial charge on any atom is -0.493 e. The zero-order valence-corrected chi connectivity index (χ0v) is 22.8. The summed E-state index contributed by atoms with van der Waals surface area (Å²) in [6.07, 6.45) is 5.69. The SMILES string of the molecule is CCCCN(CCCCN)C(=O)CN1C[C@H](c2ccc3c(c2)CCO3)C(C(=O)O)[C@@H]1CCNS(C)(=O)=O. The number of unbranched alkanes of at least 4 members (excludes halogenated alkanes) is 2. The molecule has 1 aromatic carbocycles. The van der Waals surface area contributed by atoms with E-state index < -0.39 is 28.0 Å². The number of likely N-dealkylation sites (tertiary alicyclic amines) is 1. The largest absolute Gasteiger partial charge is 0.493 e. The average Bonchev–Trinajstić information content (AvgIpc) is 3.44. The second-order valence-electron chi connectivity index (χ2n) is 10.1. The van der Waals surface area contributed by atoms with Crippen molar-refractivity contribution in [2.24, 2.45) is 11.7 Å². The van der Waals surface area contributed by atoms with Gasteiger partial charge in [0.2, 0.25) is 15.9 Å². The number of carbonyl (C=O) groups excluding carboxylic acids is 1. The molecule has 0 aromatic heterocycles. The maximum absolute atomic E-state index is 13.4. The minimum absolute atomic E-state index is 0.0290. The first-order chi connectivity index (χ1) is 17.6. The normalized spacial score (nSPS) is 21.5. The first-order valence-electron chi connectivity index (χ1n) is 13.3. The van der Waals surface area contributed by atoms with Gasteiger partial charge in [0.05, 0.1) is 25.3 Å². The van der Waals surface area contributed by atoms with Gasteiger partial charge >= 0.3 is 5.97 Å². The van der Waals surface area contributed by atoms with Gasteiger partial charge in [-0.05, 0) is 49.4 Å². The first kappa shape index (κ1) is 29.3. The highest BCUT2D eigenvalue weighted by molar-refractivity contribution is 7.88. The fraction of sp³-hybridized carbons (Fsp3) is 0.692. The van der Waals surface area contributed by atoms with Crippen molar-refractivity contribution >= 4 is 21.9 Å². The molecule has 4 N–H and O–H groups in total. The summed E-state index contributed by atoms with van der Waals surface area (Å²) >= 11 is 0. The summed E-state index contributed by atoms with van der Waals surface area (Å²) in [6.45, 7) is 5.18. The summed E-state index contributed by atoms with van der Waals surface area (Å²) in [5.74, 6) is -1.22. The third kappa shape index (κ3) is 8.13. The number of amides is 1. The topological polar surface area (TPSA) is 142 Å². The number of hydrogen-bond donors (Lipinski definition) is 3. The monoisotopic (exact) mass is 538 g/mol. The molecule has 2 aliphatic rings. The molecule has 1 unspecified atom stereocenters. The van der Waals surface area contributed by atoms with Gasteiger partial charge in [0.15, 0.2) is 0 Å². The standard InChI is InChI=1S/C26H42N4O6S/c1-3-4-13-29(14-6-5-11-27)24(31)18-30-17-21(19-7-8-23-20(16-19)10-15-36-23)25(26(32)33)22(30)9-12-28-37(2,34)35/h7-8,16,21-22,25,28H,3-6,9-15,17-18,27H2,1-2H3,(H,32,33)/t21-,22+,25?/m1/s1. The Kier molecular flexibility index (Phi) is 10.7. The van der Waals surface area contributed by atoms with E-state index in [1.54, 1.807) is 0 Å². The van der Waals surface area contributed by atoms with E-state index >= 15 is 0 Å². The van der Waals surface area contributed by atoms with Crippen LogP contribution in [0.15, 0.2) is 18.2 Å². The van der Waals surface area contributed by atoms with Crippen LogP contribution in [0.2, 0.25) is 0 Å². The fourth-order valence-electron chi connectivity index (χ4n) is 5.45. The van der Waals surface area contributed by atoms with Crippen molar-refractivity contribution in [3.05, 3.63) is 29.3 Å². The van der Waals surface area contributed by atoms with Crippen LogP contribution in [0.5, 0.6) is 5.75 Å². The summed E-state index contributed by atoms with van der Waals surface area (Å²) in [5.41, 5.74) is 7.62. The number of aliphatic carboxylic acids is 1. The van der Waals surface area contributed by atoms with Gasteiger partial charge in [-0.1, -0.05) is 25.5 Å². The van der Waals surface area contributed by atoms with Gasteiger partial charge < -0.3 is 20.5 Å². The van der Waals surface area contributed by atoms with Gasteiger partial charge in [-0.25, -0.2) is 13.1 Å². The Labute approximate surface area is 220 Å². The second kappa shape index (κ2) is 13.5. The van der Waals surface area contributed by atoms with Crippen molar-refractivity contribution in [2.45, 2.75) is 57.4 Å². The smallest absolute Gasteiger partial charge is 0.308 e. The quantitative estimate of drug-likeness (QED) is 0.285. The van der Waals surface area contributed by atoms with E-state index in [4.69, 9.17) is 10.5 Å². The van der Waals surface area contributed by atoms with E-state index in [0.717, 1.165) is 55.2 Å². The molecule has 0 saturated carbocycles. The molecule has 0 spiro atoms. The Morgan fingerprint density at radius 2 is 2.00 bits per heavy atom. The van der Waals surface area contributed by atoms with Crippen molar-refractivity contribution in [3.63, 3.8) is 0 Å². The van der Waals surface area contributed by atoms with Crippen LogP contribution in [0.4, 0.5) is 0 Å². The molecular formula is C26H42N4O6S. The summed E-state index contributed by atoms with van der Waals surface area (Å²) in [6, 6.07) is 5.36. The van der Waals surface area contributed by atoms with Crippen LogP contribution >= 0.6 is 0 Å². The number of carboxylic acid groups (broad SMARTS) is 1. The highest BCUT2D eigenvalue weighted by Gasteiger charge is 2.47. The van der Waals surface area contributed by atoms with Crippen molar-refractivity contribution in [2.75, 3.05) is 52.1 Å². The number of carboxylic acids is 1. The Balaban J connectivity index is 1.84. The zero-order chi connectivity index (χ0) is 27.0. The lowest BCUT2D eigenvalue weighted by atomic mass is 9.83. The second-order valence-corrected chi connectivity index (χ2v) is 12.0. The maximum atomic E-state index is 13.4. The molecular weight excluding hydrogens is 496 g/mol. The predicted molar refractivity (Wildman–Crippen MR) is 142 cm³/mol. The Morgan fingerprint density at radius 3 is 2.68 bits per heavy atom. The van der Waals surface area contributed by atoms with Crippen molar-refractivity contribution in [3.8, 4) is 5.75 Å². The first-order valence-corrected chi connectivity index (χ1v) is 15.2. The average molecular weight is 539 g/mol. The van der Waals surface area contributed by atoms with E-state index in [1.165, 1.54) is 0 Å². The molecule has 3 rings (SSSR count). The number of nitrogens with one attached hydrogen (secondary N) is 1. The molecule has 0 aliphatic carbocycles. The van der Waals surface area contributed by atoms with Crippen LogP contribution in [0.1, 0.15) is 56.1 Å². The number of sulfonamides is 1. The molecule has 1 fully saturated rings. The Hall–Kier alpha value is -2.21. The van der Waals surface area contributed by atoms with Crippen molar-refractivity contribution in [1.29, 1.82) is 0 Å². The summed E-state index contributed by atoms with van der Waals surface area (Å²) in [5, 5.41) is 10.3. The van der Waals surface area contributed by atoms with Gasteiger partial charge in [0.1, 0.15) is 5.75 Å². The molecule has 2 aliphatic heterocycles. The number of rotatable bonds is 15. The van der Waals surface area contributed by atoms with Crippen molar-refractivity contribution in [1.82, 2.24) is 14.5 Å². The minimum atomic E-state index is -3.42. The molecule has 3 atom stereocenters. The number of nitrogens with two attached hydrogens (primary N) is 1. The summed E-state index contributed by atoms with van der Waals surface area (Å²) < 4.78 is 31.4. The lowest BCUT2D eigenvalue weighted by Crippen LogP contribution is -2.45. The van der Waals surface area contributed by atoms with Gasteiger partial charge in [-0.3, -0.25) is 14.5 Å². The van der Waals surface area contributed by atoms with E-state index in [0.29, 0.717) is 39.2 Å². The molecule has 0 bridgehead atoms. The molecule has 10 nitrogen and oxygen atoms in total. The lowest BCUT2D eigenvalue weighted by Gasteiger charge is -2.29. The molecule has 1 saturated heterocycles. The van der Waals surface area contributed by atoms with E-state index in [9.17, 15) is 23.1 Å². The van der Waals surface area contributed by atoms with Crippen LogP contribution in [0, 0.1) is 5.92 Å². The van der Waals surface area contributed by atoms with E-state index in [-0.39, 0.29) is 24.9 Å². The fourth-order valence-corrected chi connectivity index (χ4v) is 5.94. The maximum Gasteiger partial charge on any atom is 0.308 e. The number of benzene rings is 1. The Morgan fingerprint density at radius 1 is 1.24 bits per heavy atom. The van der Waals surface area contributed by atoms with Gasteiger partial charge in [-0.2, -0.15) is 0 Å². The molecule has 37 heavy (non-hydrogen) atoms. The van der Waals surface area contributed by atoms with Crippen LogP contribution in [-0.2, 0) is 26.0 Å². The van der Waals surface area contributed by atoms with Gasteiger partial charge in [0, 0.05) is 44.6 Å². The van der Waals surface area contributed by atoms with Gasteiger partial charge in [-0.15, -0.1) is 0 Å². The van der Waals surface area contributed by atoms with Gasteiger partial charge in [0.25, 0.3) is 0 Å². The van der Waals surface area contributed by atoms with E-state index in [1.807, 2.05) is 28.0 Å². The van der Waals surface area contributed by atoms with Crippen LogP contribution in [-0.4, -0.2) is 93.4 Å². The third-order valence-corrected chi connectivity index (χ3v) is 8.06. The number of fused-ring (bicyclic) bond motifs is 1. The van der Waals surface area contributed by atoms with Crippen LogP contribution in [0.25, 0.3) is 0 Å². The van der Waals surface area contributed by atoms with E-state index in [2.05, 4.69) is 11.6 Å². The van der Waals surface area contributed by atoms with Crippen molar-refractivity contribution < 1.29 is 27.9 Å². The highest BCUT2D eigenvalue weighted by atomic mass is 32.2. The summed E-state index contributed by atoms with van der Waals surface area (Å²) in [4.78, 5) is 29.8. The number of carbonyl (C=O) groups is 2. The molecule has 1 aromatic rings. The highest BCUT2D eigenvalue weighted by Crippen LogP contribution is 2.41. The molecule has 1 amide bonds. The summed E-state index contributed by atoms with van der Waals surface area (Å²) in [7, 11) is -3.42. The number of hydrogen-bond acceptors (Lipinski definition) is 7. The number of ether oxygens (including phenoxy) is 1. The third-order valence-electron chi connectivity index (χ3n) is 7.33. The predicted octanol–water partition coefficient (Wildman–Crippen LogP) is 1.40. The Bertz CT molecular complexity index is 1030. The number of nitrogens with zero attached hydrogens (tertiary/aromatic N) is 2. The lowest BCUT2D eigenvalue weighted by molar-refractivity contribution is -0.143. The molecule has 208 valence electrons. The zero-order valence-electron chi connectivity index (χ0n) is 22.0. The van der Waals surface area contributed by atoms with Crippen LogP contribution in [0.3, 0.4) is 0 Å². The molecule has 0 radical (unpaired) electrons. The molecule has 11 heteroatoms. The molecule has 2 heterocycles.